The molecule has 0 atom stereocenters. The van der Waals surface area contributed by atoms with E-state index in [1.165, 1.54) is 6.07 Å². The molecule has 0 radical (unpaired) electrons. The van der Waals surface area contributed by atoms with Crippen LogP contribution in [0.1, 0.15) is 35.0 Å². The quantitative estimate of drug-likeness (QED) is 0.565. The monoisotopic (exact) mass is 436 g/mol. The van der Waals surface area contributed by atoms with Gasteiger partial charge in [-0.2, -0.15) is 23.4 Å². The first-order valence-electron chi connectivity index (χ1n) is 9.44. The van der Waals surface area contributed by atoms with E-state index in [9.17, 15) is 13.2 Å². The van der Waals surface area contributed by atoms with Gasteiger partial charge in [0.15, 0.2) is 10.9 Å². The van der Waals surface area contributed by atoms with Crippen LogP contribution in [-0.2, 0) is 25.8 Å². The van der Waals surface area contributed by atoms with Crippen LogP contribution in [0.25, 0.3) is 0 Å². The molecule has 0 aliphatic rings. The maximum atomic E-state index is 12.9. The van der Waals surface area contributed by atoms with E-state index in [1.54, 1.807) is 16.8 Å². The zero-order chi connectivity index (χ0) is 21.9. The summed E-state index contributed by atoms with van der Waals surface area (Å²) in [5.41, 5.74) is 2.64. The summed E-state index contributed by atoms with van der Waals surface area (Å²) in [5.74, 6) is 0.526. The lowest BCUT2D eigenvalue weighted by atomic mass is 10.1. The summed E-state index contributed by atoms with van der Waals surface area (Å²) in [4.78, 5) is 0. The van der Waals surface area contributed by atoms with Crippen molar-refractivity contribution in [3.05, 3.63) is 64.6 Å². The van der Waals surface area contributed by atoms with Gasteiger partial charge in [0.1, 0.15) is 0 Å². The molecule has 2 aromatic heterocycles. The van der Waals surface area contributed by atoms with Crippen molar-refractivity contribution in [3.8, 4) is 0 Å². The number of benzene rings is 1. The fourth-order valence-electron chi connectivity index (χ4n) is 2.98. The largest absolute Gasteiger partial charge is 0.416 e. The van der Waals surface area contributed by atoms with Gasteiger partial charge in [0.2, 0.25) is 0 Å². The predicted molar refractivity (Wildman–Crippen MR) is 113 cm³/mol. The van der Waals surface area contributed by atoms with Gasteiger partial charge in [-0.25, -0.2) is 0 Å². The van der Waals surface area contributed by atoms with Crippen molar-refractivity contribution < 1.29 is 13.2 Å². The van der Waals surface area contributed by atoms with Gasteiger partial charge >= 0.3 is 6.18 Å². The second kappa shape index (κ2) is 8.86. The summed E-state index contributed by atoms with van der Waals surface area (Å²) in [6, 6.07) is 7.04. The molecule has 2 heterocycles. The molecule has 3 aromatic rings. The molecular weight excluding hydrogens is 413 g/mol. The van der Waals surface area contributed by atoms with Gasteiger partial charge < -0.3 is 10.6 Å². The van der Waals surface area contributed by atoms with E-state index in [0.29, 0.717) is 23.0 Å². The van der Waals surface area contributed by atoms with Crippen LogP contribution >= 0.6 is 12.2 Å². The van der Waals surface area contributed by atoms with Gasteiger partial charge in [0.25, 0.3) is 0 Å². The molecule has 2 N–H and O–H groups in total. The molecule has 6 nitrogen and oxygen atoms in total. The van der Waals surface area contributed by atoms with Crippen molar-refractivity contribution in [2.75, 3.05) is 5.32 Å². The van der Waals surface area contributed by atoms with Crippen LogP contribution in [0.3, 0.4) is 0 Å². The van der Waals surface area contributed by atoms with Gasteiger partial charge in [-0.3, -0.25) is 9.36 Å². The number of hydrogen-bond acceptors (Lipinski definition) is 3. The van der Waals surface area contributed by atoms with Crippen LogP contribution in [0.15, 0.2) is 36.5 Å². The number of aryl methyl sites for hydroxylation is 3. The first-order chi connectivity index (χ1) is 14.2. The van der Waals surface area contributed by atoms with Crippen LogP contribution in [-0.4, -0.2) is 24.7 Å². The molecule has 0 saturated heterocycles. The normalized spacial score (nSPS) is 11.5. The Morgan fingerprint density at radius 1 is 1.17 bits per heavy atom. The molecule has 10 heteroatoms. The number of aromatic nitrogens is 4. The molecule has 0 aliphatic heterocycles. The summed E-state index contributed by atoms with van der Waals surface area (Å²) in [6.45, 7) is 7.36. The third kappa shape index (κ3) is 5.38. The molecule has 160 valence electrons. The van der Waals surface area contributed by atoms with Gasteiger partial charge in [-0.1, -0.05) is 12.1 Å². The minimum Gasteiger partial charge on any atom is -0.358 e. The number of nitrogens with zero attached hydrogens (tertiary/aromatic N) is 4. The summed E-state index contributed by atoms with van der Waals surface area (Å²) < 4.78 is 42.2. The van der Waals surface area contributed by atoms with E-state index in [-0.39, 0.29) is 6.54 Å². The van der Waals surface area contributed by atoms with Crippen molar-refractivity contribution in [2.24, 2.45) is 0 Å². The van der Waals surface area contributed by atoms with Crippen molar-refractivity contribution in [3.63, 3.8) is 0 Å². The first-order valence-corrected chi connectivity index (χ1v) is 9.85. The summed E-state index contributed by atoms with van der Waals surface area (Å²) in [6.07, 6.45) is -2.40. The number of thiocarbonyl (C=S) groups is 1. The highest BCUT2D eigenvalue weighted by atomic mass is 32.1. The fourth-order valence-corrected chi connectivity index (χ4v) is 3.16. The Labute approximate surface area is 178 Å². The van der Waals surface area contributed by atoms with E-state index >= 15 is 0 Å². The van der Waals surface area contributed by atoms with Crippen molar-refractivity contribution in [2.45, 2.75) is 46.6 Å². The highest BCUT2D eigenvalue weighted by molar-refractivity contribution is 7.80. The Morgan fingerprint density at radius 2 is 1.93 bits per heavy atom. The standard InChI is InChI=1S/C20H23F3N6S/c1-4-28-12-16(14(3)26-28)10-24-19(30)25-18-8-13(2)29(27-18)11-15-6-5-7-17(9-15)20(21,22)23/h5-9,12H,4,10-11H2,1-3H3,(H2,24,25,27,30). The van der Waals surface area contributed by atoms with Crippen LogP contribution in [0.4, 0.5) is 19.0 Å². The molecular formula is C20H23F3N6S. The average molecular weight is 437 g/mol. The predicted octanol–water partition coefficient (Wildman–Crippen LogP) is 4.27. The maximum Gasteiger partial charge on any atom is 0.416 e. The zero-order valence-corrected chi connectivity index (χ0v) is 17.7. The van der Waals surface area contributed by atoms with Gasteiger partial charge in [0, 0.05) is 36.6 Å². The number of halogens is 3. The molecule has 0 aliphatic carbocycles. The van der Waals surface area contributed by atoms with Gasteiger partial charge in [-0.05, 0) is 50.7 Å². The Balaban J connectivity index is 1.61. The lowest BCUT2D eigenvalue weighted by Gasteiger charge is -2.10. The van der Waals surface area contributed by atoms with Crippen LogP contribution in [0.2, 0.25) is 0 Å². The summed E-state index contributed by atoms with van der Waals surface area (Å²) in [7, 11) is 0. The molecule has 1 aromatic carbocycles. The third-order valence-corrected chi connectivity index (χ3v) is 4.87. The number of anilines is 1. The SMILES string of the molecule is CCn1cc(CNC(=S)Nc2cc(C)n(Cc3cccc(C(F)(F)F)c3)n2)c(C)n1. The number of hydrogen-bond donors (Lipinski definition) is 2. The van der Waals surface area contributed by atoms with E-state index < -0.39 is 11.7 Å². The summed E-state index contributed by atoms with van der Waals surface area (Å²) in [5, 5.41) is 15.3. The van der Waals surface area contributed by atoms with E-state index in [1.807, 2.05) is 31.6 Å². The maximum absolute atomic E-state index is 12.9. The van der Waals surface area contributed by atoms with Crippen LogP contribution in [0, 0.1) is 13.8 Å². The molecule has 30 heavy (non-hydrogen) atoms. The van der Waals surface area contributed by atoms with Crippen LogP contribution in [0.5, 0.6) is 0 Å². The van der Waals surface area contributed by atoms with Crippen molar-refractivity contribution in [1.29, 1.82) is 0 Å². The Hall–Kier alpha value is -2.88. The minimum atomic E-state index is -4.37. The highest BCUT2D eigenvalue weighted by Crippen LogP contribution is 2.29. The highest BCUT2D eigenvalue weighted by Gasteiger charge is 2.30. The average Bonchev–Trinajstić information content (AvgIpc) is 3.21. The molecule has 0 spiro atoms. The van der Waals surface area contributed by atoms with Crippen LogP contribution < -0.4 is 10.6 Å². The third-order valence-electron chi connectivity index (χ3n) is 4.62. The number of nitrogens with one attached hydrogen (secondary N) is 2. The molecule has 3 rings (SSSR count). The Kier molecular flexibility index (Phi) is 6.45. The smallest absolute Gasteiger partial charge is 0.358 e. The van der Waals surface area contributed by atoms with E-state index in [0.717, 1.165) is 35.6 Å². The molecule has 0 fully saturated rings. The number of alkyl halides is 3. The lowest BCUT2D eigenvalue weighted by molar-refractivity contribution is -0.137. The summed E-state index contributed by atoms with van der Waals surface area (Å²) >= 11 is 5.33. The molecule has 0 unspecified atom stereocenters. The van der Waals surface area contributed by atoms with Gasteiger partial charge in [-0.15, -0.1) is 0 Å². The Bertz CT molecular complexity index is 1040. The fraction of sp³-hybridized carbons (Fsp3) is 0.350. The van der Waals surface area contributed by atoms with Crippen molar-refractivity contribution in [1.82, 2.24) is 24.9 Å². The number of rotatable bonds is 6. The second-order valence-corrected chi connectivity index (χ2v) is 7.34. The molecule has 0 bridgehead atoms. The zero-order valence-electron chi connectivity index (χ0n) is 16.9. The lowest BCUT2D eigenvalue weighted by Crippen LogP contribution is -2.28. The molecule has 0 amide bonds. The Morgan fingerprint density at radius 3 is 2.60 bits per heavy atom. The van der Waals surface area contributed by atoms with E-state index in [2.05, 4.69) is 20.8 Å². The second-order valence-electron chi connectivity index (χ2n) is 6.93. The van der Waals surface area contributed by atoms with Crippen molar-refractivity contribution >= 4 is 23.1 Å². The minimum absolute atomic E-state index is 0.229. The first kappa shape index (κ1) is 21.8. The molecule has 0 saturated carbocycles. The topological polar surface area (TPSA) is 59.7 Å². The van der Waals surface area contributed by atoms with E-state index in [4.69, 9.17) is 12.2 Å². The van der Waals surface area contributed by atoms with Gasteiger partial charge in [0.05, 0.1) is 17.8 Å².